The first kappa shape index (κ1) is 14.9. The zero-order chi connectivity index (χ0) is 10.7. The van der Waals surface area contributed by atoms with Gasteiger partial charge in [-0.05, 0) is 30.2 Å². The maximum absolute atomic E-state index is 10.5. The molecule has 15 heavy (non-hydrogen) atoms. The van der Waals surface area contributed by atoms with Crippen LogP contribution in [0.15, 0.2) is 27.1 Å². The Morgan fingerprint density at radius 3 is 2.20 bits per heavy atom. The predicted molar refractivity (Wildman–Crippen MR) is 68.4 cm³/mol. The molecule has 0 bridgehead atoms. The minimum absolute atomic E-state index is 0. The zero-order valence-electron chi connectivity index (χ0n) is 7.61. The second-order valence-corrected chi connectivity index (χ2v) is 4.76. The number of rotatable bonds is 3. The van der Waals surface area contributed by atoms with E-state index in [4.69, 9.17) is 10.8 Å². The summed E-state index contributed by atoms with van der Waals surface area (Å²) in [7, 11) is 0. The minimum atomic E-state index is -0.985. The molecule has 0 fully saturated rings. The van der Waals surface area contributed by atoms with Crippen molar-refractivity contribution in [2.45, 2.75) is 12.5 Å². The van der Waals surface area contributed by atoms with Crippen LogP contribution in [0.3, 0.4) is 0 Å². The van der Waals surface area contributed by atoms with E-state index in [0.29, 0.717) is 6.42 Å². The topological polar surface area (TPSA) is 63.3 Å². The van der Waals surface area contributed by atoms with Crippen LogP contribution in [-0.2, 0) is 11.2 Å². The average Bonchev–Trinajstić information content (AvgIpc) is 2.01. The Hall–Kier alpha value is -0.100. The van der Waals surface area contributed by atoms with Crippen LogP contribution in [0, 0.1) is 0 Å². The van der Waals surface area contributed by atoms with E-state index in [9.17, 15) is 4.79 Å². The van der Waals surface area contributed by atoms with E-state index in [2.05, 4.69) is 31.9 Å². The van der Waals surface area contributed by atoms with Gasteiger partial charge in [0, 0.05) is 8.95 Å². The molecule has 1 aromatic carbocycles. The zero-order valence-corrected chi connectivity index (χ0v) is 11.6. The third-order valence-corrected chi connectivity index (χ3v) is 2.61. The summed E-state index contributed by atoms with van der Waals surface area (Å²) in [6.45, 7) is 0. The van der Waals surface area contributed by atoms with Crippen molar-refractivity contribution in [3.8, 4) is 0 Å². The highest BCUT2D eigenvalue weighted by Crippen LogP contribution is 2.20. The fourth-order valence-electron chi connectivity index (χ4n) is 1.07. The van der Waals surface area contributed by atoms with Gasteiger partial charge in [-0.1, -0.05) is 31.9 Å². The molecule has 0 aromatic heterocycles. The van der Waals surface area contributed by atoms with Crippen molar-refractivity contribution in [2.75, 3.05) is 0 Å². The predicted octanol–water partition coefficient (Wildman–Crippen LogP) is 2.59. The number of carboxylic acid groups (broad SMARTS) is 1. The summed E-state index contributed by atoms with van der Waals surface area (Å²) >= 11 is 6.64. The second kappa shape index (κ2) is 6.48. The van der Waals surface area contributed by atoms with E-state index in [-0.39, 0.29) is 12.4 Å². The number of halogens is 3. The first-order chi connectivity index (χ1) is 6.49. The van der Waals surface area contributed by atoms with Gasteiger partial charge in [-0.25, -0.2) is 0 Å². The molecule has 0 heterocycles. The fraction of sp³-hybridized carbons (Fsp3) is 0.222. The number of aliphatic carboxylic acids is 1. The van der Waals surface area contributed by atoms with Crippen LogP contribution in [0.25, 0.3) is 0 Å². The molecule has 0 radical (unpaired) electrons. The van der Waals surface area contributed by atoms with E-state index < -0.39 is 12.0 Å². The Morgan fingerprint density at radius 1 is 1.33 bits per heavy atom. The van der Waals surface area contributed by atoms with Crippen LogP contribution in [0.1, 0.15) is 5.56 Å². The molecule has 1 rings (SSSR count). The molecule has 84 valence electrons. The van der Waals surface area contributed by atoms with Crippen LogP contribution in [0.2, 0.25) is 0 Å². The lowest BCUT2D eigenvalue weighted by atomic mass is 10.1. The van der Waals surface area contributed by atoms with E-state index in [1.54, 1.807) is 0 Å². The van der Waals surface area contributed by atoms with Gasteiger partial charge < -0.3 is 10.8 Å². The van der Waals surface area contributed by atoms with E-state index in [1.165, 1.54) is 0 Å². The van der Waals surface area contributed by atoms with Gasteiger partial charge >= 0.3 is 5.97 Å². The van der Waals surface area contributed by atoms with Crippen molar-refractivity contribution >= 4 is 50.2 Å². The number of nitrogens with two attached hydrogens (primary N) is 1. The molecule has 6 heteroatoms. The van der Waals surface area contributed by atoms with Gasteiger partial charge in [-0.15, -0.1) is 12.4 Å². The van der Waals surface area contributed by atoms with Crippen molar-refractivity contribution < 1.29 is 9.90 Å². The highest BCUT2D eigenvalue weighted by Gasteiger charge is 2.12. The number of hydrogen-bond acceptors (Lipinski definition) is 2. The van der Waals surface area contributed by atoms with E-state index in [0.717, 1.165) is 14.5 Å². The molecule has 0 aliphatic rings. The van der Waals surface area contributed by atoms with Crippen LogP contribution in [0.4, 0.5) is 0 Å². The summed E-state index contributed by atoms with van der Waals surface area (Å²) in [6, 6.07) is 4.74. The smallest absolute Gasteiger partial charge is 0.320 e. The summed E-state index contributed by atoms with van der Waals surface area (Å²) in [5.74, 6) is -0.985. The Morgan fingerprint density at radius 2 is 1.80 bits per heavy atom. The summed E-state index contributed by atoms with van der Waals surface area (Å²) in [5, 5.41) is 8.63. The maximum atomic E-state index is 10.5. The van der Waals surface area contributed by atoms with Gasteiger partial charge in [0.1, 0.15) is 6.04 Å². The first-order valence-corrected chi connectivity index (χ1v) is 5.51. The molecule has 0 spiro atoms. The van der Waals surface area contributed by atoms with Gasteiger partial charge in [0.05, 0.1) is 0 Å². The van der Waals surface area contributed by atoms with Gasteiger partial charge in [0.25, 0.3) is 0 Å². The molecule has 0 amide bonds. The van der Waals surface area contributed by atoms with Crippen molar-refractivity contribution in [2.24, 2.45) is 5.73 Å². The van der Waals surface area contributed by atoms with E-state index >= 15 is 0 Å². The van der Waals surface area contributed by atoms with Crippen molar-refractivity contribution in [3.05, 3.63) is 32.7 Å². The Bertz CT molecular complexity index is 340. The number of carboxylic acids is 1. The van der Waals surface area contributed by atoms with Crippen LogP contribution in [0.5, 0.6) is 0 Å². The van der Waals surface area contributed by atoms with Crippen LogP contribution < -0.4 is 5.73 Å². The van der Waals surface area contributed by atoms with Crippen LogP contribution >= 0.6 is 44.3 Å². The minimum Gasteiger partial charge on any atom is -0.480 e. The summed E-state index contributed by atoms with van der Waals surface area (Å²) in [6.07, 6.45) is 0.327. The van der Waals surface area contributed by atoms with E-state index in [1.807, 2.05) is 18.2 Å². The van der Waals surface area contributed by atoms with Gasteiger partial charge in [-0.2, -0.15) is 0 Å². The molecule has 3 nitrogen and oxygen atoms in total. The Labute approximate surface area is 111 Å². The Kier molecular flexibility index (Phi) is 6.43. The third-order valence-electron chi connectivity index (χ3n) is 1.70. The van der Waals surface area contributed by atoms with Crippen molar-refractivity contribution in [1.29, 1.82) is 0 Å². The molecule has 1 unspecified atom stereocenters. The summed E-state index contributed by atoms with van der Waals surface area (Å²) < 4.78 is 1.80. The summed E-state index contributed by atoms with van der Waals surface area (Å²) in [4.78, 5) is 10.5. The lowest BCUT2D eigenvalue weighted by Gasteiger charge is -2.07. The monoisotopic (exact) mass is 357 g/mol. The SMILES string of the molecule is Cl.NC(Cc1cc(Br)cc(Br)c1)C(=O)O. The Balaban J connectivity index is 0.00000196. The lowest BCUT2D eigenvalue weighted by molar-refractivity contribution is -0.138. The molecule has 3 N–H and O–H groups in total. The normalized spacial score (nSPS) is 11.7. The molecule has 0 aliphatic carbocycles. The average molecular weight is 359 g/mol. The quantitative estimate of drug-likeness (QED) is 0.872. The number of benzene rings is 1. The molecule has 0 saturated carbocycles. The first-order valence-electron chi connectivity index (χ1n) is 3.92. The maximum Gasteiger partial charge on any atom is 0.320 e. The molecular formula is C9H10Br2ClNO2. The number of hydrogen-bond donors (Lipinski definition) is 2. The molecule has 0 aliphatic heterocycles. The molecular weight excluding hydrogens is 349 g/mol. The van der Waals surface area contributed by atoms with Gasteiger partial charge in [0.15, 0.2) is 0 Å². The lowest BCUT2D eigenvalue weighted by Crippen LogP contribution is -2.32. The second-order valence-electron chi connectivity index (χ2n) is 2.93. The third kappa shape index (κ3) is 4.97. The highest BCUT2D eigenvalue weighted by atomic mass is 79.9. The van der Waals surface area contributed by atoms with Gasteiger partial charge in [-0.3, -0.25) is 4.79 Å². The van der Waals surface area contributed by atoms with Crippen LogP contribution in [-0.4, -0.2) is 17.1 Å². The molecule has 1 atom stereocenters. The van der Waals surface area contributed by atoms with Gasteiger partial charge in [0.2, 0.25) is 0 Å². The summed E-state index contributed by atoms with van der Waals surface area (Å²) in [5.41, 5.74) is 6.31. The molecule has 1 aromatic rings. The largest absolute Gasteiger partial charge is 0.480 e. The highest BCUT2D eigenvalue weighted by molar-refractivity contribution is 9.11. The number of carbonyl (C=O) groups is 1. The van der Waals surface area contributed by atoms with Crippen molar-refractivity contribution in [3.63, 3.8) is 0 Å². The fourth-order valence-corrected chi connectivity index (χ4v) is 2.46. The standard InChI is InChI=1S/C9H9Br2NO2.ClH/c10-6-1-5(2-7(11)4-6)3-8(12)9(13)14;/h1-2,4,8H,3,12H2,(H,13,14);1H. The molecule has 0 saturated heterocycles. The van der Waals surface area contributed by atoms with Crippen molar-refractivity contribution in [1.82, 2.24) is 0 Å².